The lowest BCUT2D eigenvalue weighted by atomic mass is 10.0. The summed E-state index contributed by atoms with van der Waals surface area (Å²) in [7, 11) is 1.65. The van der Waals surface area contributed by atoms with Crippen LogP contribution >= 0.6 is 0 Å². The lowest BCUT2D eigenvalue weighted by Crippen LogP contribution is -2.39. The number of rotatable bonds is 11. The number of nitrogens with one attached hydrogen (secondary N) is 2. The molecule has 30 heavy (non-hydrogen) atoms. The Morgan fingerprint density at radius 3 is 2.43 bits per heavy atom. The topological polar surface area (TPSA) is 70.7 Å². The second-order valence-electron chi connectivity index (χ2n) is 7.14. The van der Waals surface area contributed by atoms with Crippen LogP contribution in [0.4, 0.5) is 0 Å². The van der Waals surface area contributed by atoms with Crippen molar-refractivity contribution in [3.05, 3.63) is 65.2 Å². The normalized spacial score (nSPS) is 11.8. The molecule has 0 aliphatic rings. The van der Waals surface area contributed by atoms with Crippen molar-refractivity contribution in [1.29, 1.82) is 0 Å². The van der Waals surface area contributed by atoms with Gasteiger partial charge in [0.05, 0.1) is 13.2 Å². The molecule has 2 rings (SSSR count). The lowest BCUT2D eigenvalue weighted by molar-refractivity contribution is -0.121. The van der Waals surface area contributed by atoms with Gasteiger partial charge in [-0.05, 0) is 49.3 Å². The van der Waals surface area contributed by atoms with E-state index in [1.165, 1.54) is 0 Å². The van der Waals surface area contributed by atoms with Gasteiger partial charge in [0, 0.05) is 25.1 Å². The Kier molecular flexibility index (Phi) is 9.35. The van der Waals surface area contributed by atoms with Crippen LogP contribution in [-0.2, 0) is 4.79 Å². The van der Waals surface area contributed by atoms with Crippen molar-refractivity contribution in [2.45, 2.75) is 33.2 Å². The quantitative estimate of drug-likeness (QED) is 0.595. The van der Waals surface area contributed by atoms with Crippen LogP contribution < -0.4 is 15.4 Å². The molecule has 0 aliphatic heterocycles. The first-order valence-electron chi connectivity index (χ1n) is 10.5. The number of hydrogen-bond donors (Lipinski definition) is 2. The molecule has 0 radical (unpaired) electrons. The molecule has 162 valence electrons. The molecule has 0 saturated heterocycles. The van der Waals surface area contributed by atoms with Crippen molar-refractivity contribution >= 4 is 11.8 Å². The van der Waals surface area contributed by atoms with Gasteiger partial charge in [-0.15, -0.1) is 0 Å². The summed E-state index contributed by atoms with van der Waals surface area (Å²) in [5, 5.41) is 5.84. The number of benzene rings is 2. The number of methoxy groups -OCH3 is 1. The van der Waals surface area contributed by atoms with E-state index in [0.29, 0.717) is 18.7 Å². The van der Waals surface area contributed by atoms with Crippen molar-refractivity contribution in [2.75, 3.05) is 33.3 Å². The predicted octanol–water partition coefficient (Wildman–Crippen LogP) is 3.32. The largest absolute Gasteiger partial charge is 0.497 e. The number of carbonyl (C=O) groups excluding carboxylic acids is 2. The first-order valence-corrected chi connectivity index (χ1v) is 10.5. The first-order chi connectivity index (χ1) is 14.5. The van der Waals surface area contributed by atoms with Crippen molar-refractivity contribution in [1.82, 2.24) is 15.5 Å². The monoisotopic (exact) mass is 411 g/mol. The third-order valence-corrected chi connectivity index (χ3v) is 5.25. The SMILES string of the molecule is CCN(CC)C(CNC(=O)CCNC(=O)c1ccccc1C)c1cccc(OC)c1. The Balaban J connectivity index is 1.90. The molecule has 6 heteroatoms. The zero-order valence-corrected chi connectivity index (χ0v) is 18.4. The Labute approximate surface area is 179 Å². The van der Waals surface area contributed by atoms with Crippen LogP contribution in [0, 0.1) is 6.92 Å². The summed E-state index contributed by atoms with van der Waals surface area (Å²) in [6.45, 7) is 8.67. The Morgan fingerprint density at radius 1 is 1.03 bits per heavy atom. The van der Waals surface area contributed by atoms with Crippen LogP contribution in [0.15, 0.2) is 48.5 Å². The maximum atomic E-state index is 12.4. The Hall–Kier alpha value is -2.86. The fourth-order valence-electron chi connectivity index (χ4n) is 3.48. The van der Waals surface area contributed by atoms with Crippen molar-refractivity contribution in [3.8, 4) is 5.75 Å². The van der Waals surface area contributed by atoms with Gasteiger partial charge in [0.15, 0.2) is 0 Å². The van der Waals surface area contributed by atoms with Crippen LogP contribution in [-0.4, -0.2) is 50.0 Å². The Bertz CT molecular complexity index is 834. The van der Waals surface area contributed by atoms with Crippen LogP contribution in [0.1, 0.15) is 47.8 Å². The third kappa shape index (κ3) is 6.59. The second-order valence-corrected chi connectivity index (χ2v) is 7.14. The lowest BCUT2D eigenvalue weighted by Gasteiger charge is -2.30. The van der Waals surface area contributed by atoms with Gasteiger partial charge in [-0.25, -0.2) is 0 Å². The van der Waals surface area contributed by atoms with Gasteiger partial charge in [0.25, 0.3) is 5.91 Å². The molecule has 2 aromatic rings. The summed E-state index contributed by atoms with van der Waals surface area (Å²) in [4.78, 5) is 26.9. The molecule has 0 heterocycles. The van der Waals surface area contributed by atoms with Gasteiger partial charge in [-0.1, -0.05) is 44.2 Å². The van der Waals surface area contributed by atoms with Gasteiger partial charge < -0.3 is 15.4 Å². The minimum Gasteiger partial charge on any atom is -0.497 e. The van der Waals surface area contributed by atoms with E-state index >= 15 is 0 Å². The van der Waals surface area contributed by atoms with Gasteiger partial charge in [0.2, 0.25) is 5.91 Å². The van der Waals surface area contributed by atoms with E-state index in [2.05, 4.69) is 35.4 Å². The molecule has 2 amide bonds. The summed E-state index contributed by atoms with van der Waals surface area (Å²) < 4.78 is 5.35. The van der Waals surface area contributed by atoms with E-state index in [4.69, 9.17) is 4.74 Å². The number of aryl methyl sites for hydroxylation is 1. The molecule has 1 unspecified atom stereocenters. The van der Waals surface area contributed by atoms with E-state index in [1.807, 2.05) is 43.3 Å². The van der Waals surface area contributed by atoms with Crippen LogP contribution in [0.2, 0.25) is 0 Å². The van der Waals surface area contributed by atoms with Gasteiger partial charge in [0.1, 0.15) is 5.75 Å². The predicted molar refractivity (Wildman–Crippen MR) is 120 cm³/mol. The minimum absolute atomic E-state index is 0.0561. The van der Waals surface area contributed by atoms with Crippen molar-refractivity contribution < 1.29 is 14.3 Å². The minimum atomic E-state index is -0.154. The van der Waals surface area contributed by atoms with E-state index in [9.17, 15) is 9.59 Å². The highest BCUT2D eigenvalue weighted by Crippen LogP contribution is 2.23. The molecule has 1 atom stereocenters. The van der Waals surface area contributed by atoms with E-state index < -0.39 is 0 Å². The zero-order chi connectivity index (χ0) is 21.9. The fraction of sp³-hybridized carbons (Fsp3) is 0.417. The smallest absolute Gasteiger partial charge is 0.251 e. The molecular formula is C24H33N3O3. The summed E-state index contributed by atoms with van der Waals surface area (Å²) in [5.41, 5.74) is 2.66. The fourth-order valence-corrected chi connectivity index (χ4v) is 3.48. The number of carbonyl (C=O) groups is 2. The molecule has 6 nitrogen and oxygen atoms in total. The number of likely N-dealkylation sites (N-methyl/N-ethyl adjacent to an activating group) is 1. The third-order valence-electron chi connectivity index (χ3n) is 5.25. The molecule has 0 aromatic heterocycles. The highest BCUT2D eigenvalue weighted by Gasteiger charge is 2.19. The number of nitrogens with zero attached hydrogens (tertiary/aromatic N) is 1. The molecule has 0 saturated carbocycles. The average Bonchev–Trinajstić information content (AvgIpc) is 2.76. The molecule has 0 fully saturated rings. The molecule has 0 aliphatic carbocycles. The number of hydrogen-bond acceptors (Lipinski definition) is 4. The van der Waals surface area contributed by atoms with Crippen molar-refractivity contribution in [2.24, 2.45) is 0 Å². The molecular weight excluding hydrogens is 378 g/mol. The highest BCUT2D eigenvalue weighted by atomic mass is 16.5. The average molecular weight is 412 g/mol. The molecule has 0 spiro atoms. The second kappa shape index (κ2) is 12.0. The number of ether oxygens (including phenoxy) is 1. The van der Waals surface area contributed by atoms with E-state index in [0.717, 1.165) is 30.0 Å². The summed E-state index contributed by atoms with van der Waals surface area (Å²) in [6, 6.07) is 15.4. The van der Waals surface area contributed by atoms with Crippen LogP contribution in [0.3, 0.4) is 0 Å². The summed E-state index contributed by atoms with van der Waals surface area (Å²) in [6.07, 6.45) is 0.237. The maximum Gasteiger partial charge on any atom is 0.251 e. The van der Waals surface area contributed by atoms with Crippen LogP contribution in [0.5, 0.6) is 5.75 Å². The standard InChI is InChI=1S/C24H33N3O3/c1-5-27(6-2)22(19-11-9-12-20(16-19)30-4)17-26-23(28)14-15-25-24(29)21-13-8-7-10-18(21)3/h7-13,16,22H,5-6,14-15,17H2,1-4H3,(H,25,29)(H,26,28). The summed E-state index contributed by atoms with van der Waals surface area (Å²) in [5.74, 6) is 0.563. The Morgan fingerprint density at radius 2 is 1.77 bits per heavy atom. The van der Waals surface area contributed by atoms with E-state index in [1.54, 1.807) is 13.2 Å². The molecule has 2 N–H and O–H groups in total. The van der Waals surface area contributed by atoms with E-state index in [-0.39, 0.29) is 24.3 Å². The molecule has 2 aromatic carbocycles. The molecule has 0 bridgehead atoms. The van der Waals surface area contributed by atoms with Crippen molar-refractivity contribution in [3.63, 3.8) is 0 Å². The maximum absolute atomic E-state index is 12.4. The van der Waals surface area contributed by atoms with Gasteiger partial charge in [-0.2, -0.15) is 0 Å². The number of amides is 2. The zero-order valence-electron chi connectivity index (χ0n) is 18.4. The van der Waals surface area contributed by atoms with Gasteiger partial charge in [-0.3, -0.25) is 14.5 Å². The highest BCUT2D eigenvalue weighted by molar-refractivity contribution is 5.95. The first kappa shape index (κ1) is 23.4. The van der Waals surface area contributed by atoms with Crippen LogP contribution in [0.25, 0.3) is 0 Å². The van der Waals surface area contributed by atoms with Gasteiger partial charge >= 0.3 is 0 Å². The summed E-state index contributed by atoms with van der Waals surface area (Å²) >= 11 is 0.